The molecule has 6 nitrogen and oxygen atoms in total. The first-order chi connectivity index (χ1) is 16.4. The largest absolute Gasteiger partial charge is 0.378 e. The Labute approximate surface area is 209 Å². The predicted octanol–water partition coefficient (Wildman–Crippen LogP) is 4.61. The van der Waals surface area contributed by atoms with Crippen molar-refractivity contribution in [3.8, 4) is 0 Å². The number of thioether (sulfide) groups is 1. The summed E-state index contributed by atoms with van der Waals surface area (Å²) in [6.07, 6.45) is 4.89. The topological polar surface area (TPSA) is 59.4 Å². The van der Waals surface area contributed by atoms with Gasteiger partial charge in [0.1, 0.15) is 11.1 Å². The molecular formula is C26H32N4O2S2. The fraction of sp³-hybridized carbons (Fsp3) is 0.462. The summed E-state index contributed by atoms with van der Waals surface area (Å²) < 4.78 is 8.07. The van der Waals surface area contributed by atoms with Crippen LogP contribution >= 0.6 is 23.1 Å². The fourth-order valence-electron chi connectivity index (χ4n) is 4.74. The minimum absolute atomic E-state index is 0.0469. The van der Waals surface area contributed by atoms with Crippen LogP contribution in [-0.4, -0.2) is 42.0 Å². The van der Waals surface area contributed by atoms with Crippen LogP contribution in [0.5, 0.6) is 0 Å². The van der Waals surface area contributed by atoms with Crippen molar-refractivity contribution >= 4 is 39.0 Å². The maximum Gasteiger partial charge on any atom is 0.263 e. The number of hydrogen-bond acceptors (Lipinski definition) is 7. The van der Waals surface area contributed by atoms with Crippen molar-refractivity contribution in [2.75, 3.05) is 31.3 Å². The Balaban J connectivity index is 1.33. The van der Waals surface area contributed by atoms with Gasteiger partial charge in [-0.05, 0) is 48.4 Å². The molecule has 34 heavy (non-hydrogen) atoms. The summed E-state index contributed by atoms with van der Waals surface area (Å²) in [6.45, 7) is 7.40. The van der Waals surface area contributed by atoms with Crippen LogP contribution in [-0.2, 0) is 24.1 Å². The molecule has 0 bridgehead atoms. The van der Waals surface area contributed by atoms with Gasteiger partial charge in [0, 0.05) is 43.5 Å². The van der Waals surface area contributed by atoms with Gasteiger partial charge in [-0.1, -0.05) is 36.9 Å². The molecule has 3 atom stereocenters. The molecule has 3 aromatic rings. The van der Waals surface area contributed by atoms with E-state index >= 15 is 0 Å². The van der Waals surface area contributed by atoms with Crippen molar-refractivity contribution < 1.29 is 4.74 Å². The van der Waals surface area contributed by atoms with Crippen molar-refractivity contribution in [2.45, 2.75) is 50.2 Å². The van der Waals surface area contributed by atoms with Crippen LogP contribution in [0, 0.1) is 5.92 Å². The van der Waals surface area contributed by atoms with Gasteiger partial charge in [-0.25, -0.2) is 4.98 Å². The van der Waals surface area contributed by atoms with Gasteiger partial charge in [-0.2, -0.15) is 0 Å². The van der Waals surface area contributed by atoms with Crippen LogP contribution < -0.4 is 15.8 Å². The van der Waals surface area contributed by atoms with E-state index in [2.05, 4.69) is 48.0 Å². The molecule has 2 aromatic heterocycles. The monoisotopic (exact) mass is 496 g/mol. The van der Waals surface area contributed by atoms with Crippen molar-refractivity contribution in [3.63, 3.8) is 0 Å². The summed E-state index contributed by atoms with van der Waals surface area (Å²) in [5.74, 6) is 1.40. The Morgan fingerprint density at radius 3 is 2.88 bits per heavy atom. The zero-order chi connectivity index (χ0) is 23.8. The number of hydrogen-bond donors (Lipinski definition) is 1. The third-order valence-corrected chi connectivity index (χ3v) is 8.92. The molecule has 1 aliphatic heterocycles. The van der Waals surface area contributed by atoms with Crippen LogP contribution in [0.25, 0.3) is 10.2 Å². The Morgan fingerprint density at radius 2 is 2.15 bits per heavy atom. The number of rotatable bonds is 7. The van der Waals surface area contributed by atoms with E-state index in [0.29, 0.717) is 12.5 Å². The SMILES string of the molecule is C=CCn1c(SC[C@@H]2CN[C@H](c3ccc(N(C)C)cc3)O2)nc2sc3c(c2c1=O)CC[C@H](C)C3. The molecule has 5 rings (SSSR count). The second-order valence-electron chi connectivity index (χ2n) is 9.47. The minimum Gasteiger partial charge on any atom is -0.378 e. The normalized spacial score (nSPS) is 22.1. The molecule has 1 aromatic carbocycles. The number of thiophene rings is 1. The summed E-state index contributed by atoms with van der Waals surface area (Å²) in [4.78, 5) is 22.8. The van der Waals surface area contributed by atoms with Crippen LogP contribution in [0.1, 0.15) is 35.6 Å². The van der Waals surface area contributed by atoms with Gasteiger partial charge < -0.3 is 9.64 Å². The van der Waals surface area contributed by atoms with Crippen LogP contribution in [0.3, 0.4) is 0 Å². The first-order valence-corrected chi connectivity index (χ1v) is 13.7. The number of benzene rings is 1. The van der Waals surface area contributed by atoms with E-state index in [1.165, 1.54) is 16.1 Å². The molecule has 180 valence electrons. The lowest BCUT2D eigenvalue weighted by atomic mass is 9.89. The number of ether oxygens (including phenoxy) is 1. The van der Waals surface area contributed by atoms with Crippen LogP contribution in [0.4, 0.5) is 5.69 Å². The molecule has 0 unspecified atom stereocenters. The third kappa shape index (κ3) is 4.56. The Kier molecular flexibility index (Phi) is 6.84. The second kappa shape index (κ2) is 9.85. The maximum absolute atomic E-state index is 13.5. The van der Waals surface area contributed by atoms with E-state index in [-0.39, 0.29) is 17.9 Å². The van der Waals surface area contributed by atoms with Gasteiger partial charge in [0.2, 0.25) is 0 Å². The summed E-state index contributed by atoms with van der Waals surface area (Å²) >= 11 is 3.31. The Hall–Kier alpha value is -2.13. The van der Waals surface area contributed by atoms with Crippen molar-refractivity contribution in [1.29, 1.82) is 0 Å². The maximum atomic E-state index is 13.5. The molecule has 0 amide bonds. The zero-order valence-corrected chi connectivity index (χ0v) is 21.7. The molecule has 1 N–H and O–H groups in total. The highest BCUT2D eigenvalue weighted by Crippen LogP contribution is 2.37. The number of aromatic nitrogens is 2. The number of nitrogens with zero attached hydrogens (tertiary/aromatic N) is 3. The third-order valence-electron chi connectivity index (χ3n) is 6.66. The van der Waals surface area contributed by atoms with E-state index in [4.69, 9.17) is 9.72 Å². The van der Waals surface area contributed by atoms with Gasteiger partial charge in [0.05, 0.1) is 11.5 Å². The number of aryl methyl sites for hydroxylation is 1. The molecule has 1 aliphatic carbocycles. The van der Waals surface area contributed by atoms with Crippen LogP contribution in [0.15, 0.2) is 46.9 Å². The molecule has 1 fully saturated rings. The van der Waals surface area contributed by atoms with Crippen LogP contribution in [0.2, 0.25) is 0 Å². The van der Waals surface area contributed by atoms with Gasteiger partial charge in [0.15, 0.2) is 5.16 Å². The van der Waals surface area contributed by atoms with E-state index < -0.39 is 0 Å². The lowest BCUT2D eigenvalue weighted by molar-refractivity contribution is 0.0534. The average molecular weight is 497 g/mol. The summed E-state index contributed by atoms with van der Waals surface area (Å²) in [6, 6.07) is 8.44. The van der Waals surface area contributed by atoms with Gasteiger partial charge in [-0.3, -0.25) is 14.7 Å². The highest BCUT2D eigenvalue weighted by molar-refractivity contribution is 7.99. The first-order valence-electron chi connectivity index (χ1n) is 11.9. The fourth-order valence-corrected chi connectivity index (χ4v) is 7.17. The molecule has 0 radical (unpaired) electrons. The standard InChI is InChI=1S/C26H32N4O2S2/c1-5-12-30-25(31)22-20-11-6-16(2)13-21(20)34-24(22)28-26(30)33-15-19-14-27-23(32-19)17-7-9-18(10-8-17)29(3)4/h5,7-10,16,19,23,27H,1,6,11-15H2,2-4H3/t16-,19-,23-/m0/s1. The molecule has 1 saturated heterocycles. The smallest absolute Gasteiger partial charge is 0.263 e. The quantitative estimate of drug-likeness (QED) is 0.293. The Bertz CT molecular complexity index is 1250. The predicted molar refractivity (Wildman–Crippen MR) is 142 cm³/mol. The second-order valence-corrected chi connectivity index (χ2v) is 11.5. The highest BCUT2D eigenvalue weighted by atomic mass is 32.2. The number of anilines is 1. The van der Waals surface area contributed by atoms with Gasteiger partial charge in [0.25, 0.3) is 5.56 Å². The molecule has 8 heteroatoms. The molecule has 0 saturated carbocycles. The lowest BCUT2D eigenvalue weighted by Gasteiger charge is -2.18. The summed E-state index contributed by atoms with van der Waals surface area (Å²) in [7, 11) is 4.08. The lowest BCUT2D eigenvalue weighted by Crippen LogP contribution is -2.24. The highest BCUT2D eigenvalue weighted by Gasteiger charge is 2.28. The van der Waals surface area contributed by atoms with Crippen molar-refractivity contribution in [3.05, 3.63) is 63.3 Å². The molecule has 3 heterocycles. The molecule has 0 spiro atoms. The summed E-state index contributed by atoms with van der Waals surface area (Å²) in [5.41, 5.74) is 3.60. The molecular weight excluding hydrogens is 464 g/mol. The van der Waals surface area contributed by atoms with Gasteiger partial charge >= 0.3 is 0 Å². The van der Waals surface area contributed by atoms with E-state index in [0.717, 1.165) is 52.5 Å². The van der Waals surface area contributed by atoms with Crippen molar-refractivity contribution in [1.82, 2.24) is 14.9 Å². The van der Waals surface area contributed by atoms with Gasteiger partial charge in [-0.15, -0.1) is 17.9 Å². The Morgan fingerprint density at radius 1 is 1.35 bits per heavy atom. The van der Waals surface area contributed by atoms with E-state index in [1.54, 1.807) is 33.7 Å². The average Bonchev–Trinajstić information content (AvgIpc) is 3.44. The zero-order valence-electron chi connectivity index (χ0n) is 20.0. The van der Waals surface area contributed by atoms with Crippen molar-refractivity contribution in [2.24, 2.45) is 5.92 Å². The van der Waals surface area contributed by atoms with E-state index in [1.807, 2.05) is 14.1 Å². The molecule has 2 aliphatic rings. The first kappa shape index (κ1) is 23.6. The van der Waals surface area contributed by atoms with E-state index in [9.17, 15) is 4.79 Å². The number of fused-ring (bicyclic) bond motifs is 3. The summed E-state index contributed by atoms with van der Waals surface area (Å²) in [5, 5.41) is 5.06. The number of nitrogens with one attached hydrogen (secondary N) is 1. The minimum atomic E-state index is -0.112. The number of allylic oxidation sites excluding steroid dienone is 1.